The van der Waals surface area contributed by atoms with Crippen LogP contribution in [0.5, 0.6) is 0 Å². The Morgan fingerprint density at radius 1 is 0.926 bits per heavy atom. The first-order valence-electron chi connectivity index (χ1n) is 8.67. The van der Waals surface area contributed by atoms with E-state index in [2.05, 4.69) is 10.6 Å². The number of aryl methyl sites for hydroxylation is 2. The molecule has 7 heteroatoms. The fraction of sp³-hybridized carbons (Fsp3) is 0.300. The molecule has 2 aromatic rings. The summed E-state index contributed by atoms with van der Waals surface area (Å²) in [5.41, 5.74) is 3.01. The van der Waals surface area contributed by atoms with Crippen LogP contribution in [-0.2, 0) is 19.4 Å². The van der Waals surface area contributed by atoms with Crippen LogP contribution in [0, 0.1) is 13.8 Å². The van der Waals surface area contributed by atoms with Crippen LogP contribution in [0.25, 0.3) is 0 Å². The third-order valence-electron chi connectivity index (χ3n) is 4.05. The van der Waals surface area contributed by atoms with Crippen molar-refractivity contribution in [3.05, 3.63) is 59.7 Å². The summed E-state index contributed by atoms with van der Waals surface area (Å²) in [5.74, 6) is -2.05. The maximum atomic E-state index is 12.6. The fourth-order valence-corrected chi connectivity index (χ4v) is 4.20. The number of benzene rings is 2. The molecule has 0 saturated heterocycles. The lowest BCUT2D eigenvalue weighted by molar-refractivity contribution is -0.115. The van der Waals surface area contributed by atoms with Gasteiger partial charge in [-0.05, 0) is 50.1 Å². The third kappa shape index (κ3) is 5.92. The summed E-state index contributed by atoms with van der Waals surface area (Å²) in [7, 11) is -3.95. The van der Waals surface area contributed by atoms with Gasteiger partial charge in [-0.15, -0.1) is 0 Å². The molecular weight excluding hydrogens is 364 g/mol. The Hall–Kier alpha value is -2.67. The van der Waals surface area contributed by atoms with Crippen LogP contribution in [0.4, 0.5) is 11.4 Å². The molecule has 0 aliphatic rings. The molecule has 2 amide bonds. The monoisotopic (exact) mass is 388 g/mol. The second kappa shape index (κ2) is 8.81. The summed E-state index contributed by atoms with van der Waals surface area (Å²) in [6, 6.07) is 14.1. The molecule has 0 spiro atoms. The minimum absolute atomic E-state index is 0.0811. The van der Waals surface area contributed by atoms with Crippen LogP contribution in [0.2, 0.25) is 0 Å². The Kier molecular flexibility index (Phi) is 6.74. The number of hydrogen-bond donors (Lipinski definition) is 2. The standard InChI is InChI=1S/C20H24N2O4S/c1-4-18(20(24)22-17-7-5-6-15(3)12-17)27(25,26)13-19(23)21-16-10-8-14(2)9-11-16/h5-12,18H,4,13H2,1-3H3,(H,21,23)(H,22,24). The number of nitrogens with one attached hydrogen (secondary N) is 2. The molecule has 1 unspecified atom stereocenters. The van der Waals surface area contributed by atoms with E-state index in [-0.39, 0.29) is 6.42 Å². The highest BCUT2D eigenvalue weighted by Gasteiger charge is 2.33. The molecule has 2 rings (SSSR count). The fourth-order valence-electron chi connectivity index (χ4n) is 2.67. The molecule has 0 heterocycles. The first-order chi connectivity index (χ1) is 12.7. The van der Waals surface area contributed by atoms with Gasteiger partial charge >= 0.3 is 0 Å². The maximum absolute atomic E-state index is 12.6. The minimum Gasteiger partial charge on any atom is -0.325 e. The van der Waals surface area contributed by atoms with Gasteiger partial charge in [0.2, 0.25) is 11.8 Å². The summed E-state index contributed by atoms with van der Waals surface area (Å²) in [4.78, 5) is 24.6. The van der Waals surface area contributed by atoms with E-state index in [1.807, 2.05) is 32.0 Å². The predicted molar refractivity (Wildman–Crippen MR) is 107 cm³/mol. The number of hydrogen-bond acceptors (Lipinski definition) is 4. The topological polar surface area (TPSA) is 92.3 Å². The Balaban J connectivity index is 2.06. The summed E-state index contributed by atoms with van der Waals surface area (Å²) in [5, 5.41) is 3.88. The zero-order valence-electron chi connectivity index (χ0n) is 15.7. The van der Waals surface area contributed by atoms with Crippen LogP contribution in [-0.4, -0.2) is 31.2 Å². The van der Waals surface area contributed by atoms with Gasteiger partial charge in [0, 0.05) is 11.4 Å². The van der Waals surface area contributed by atoms with Gasteiger partial charge in [0.15, 0.2) is 9.84 Å². The van der Waals surface area contributed by atoms with E-state index < -0.39 is 32.7 Å². The van der Waals surface area contributed by atoms with Crippen molar-refractivity contribution >= 4 is 33.0 Å². The SMILES string of the molecule is CCC(C(=O)Nc1cccc(C)c1)S(=O)(=O)CC(=O)Nc1ccc(C)cc1. The van der Waals surface area contributed by atoms with E-state index >= 15 is 0 Å². The average Bonchev–Trinajstić information content (AvgIpc) is 2.56. The average molecular weight is 388 g/mol. The van der Waals surface area contributed by atoms with Crippen molar-refractivity contribution in [2.24, 2.45) is 0 Å². The van der Waals surface area contributed by atoms with E-state index in [1.54, 1.807) is 37.3 Å². The van der Waals surface area contributed by atoms with Gasteiger partial charge in [-0.3, -0.25) is 9.59 Å². The number of rotatable bonds is 7. The van der Waals surface area contributed by atoms with Gasteiger partial charge in [0.25, 0.3) is 0 Å². The second-order valence-electron chi connectivity index (χ2n) is 6.48. The summed E-state index contributed by atoms with van der Waals surface area (Å²) in [6.07, 6.45) is 0.0811. The largest absolute Gasteiger partial charge is 0.325 e. The molecule has 0 fully saturated rings. The zero-order chi connectivity index (χ0) is 20.0. The Morgan fingerprint density at radius 2 is 1.59 bits per heavy atom. The van der Waals surface area contributed by atoms with E-state index in [0.717, 1.165) is 11.1 Å². The van der Waals surface area contributed by atoms with Crippen molar-refractivity contribution in [3.8, 4) is 0 Å². The summed E-state index contributed by atoms with van der Waals surface area (Å²) in [6.45, 7) is 5.39. The molecule has 0 aliphatic carbocycles. The van der Waals surface area contributed by atoms with E-state index in [1.165, 1.54) is 0 Å². The number of amides is 2. The van der Waals surface area contributed by atoms with Crippen LogP contribution in [0.1, 0.15) is 24.5 Å². The molecule has 1 atom stereocenters. The molecule has 0 aromatic heterocycles. The van der Waals surface area contributed by atoms with Crippen molar-refractivity contribution in [2.45, 2.75) is 32.4 Å². The van der Waals surface area contributed by atoms with Crippen LogP contribution >= 0.6 is 0 Å². The Bertz CT molecular complexity index is 921. The first kappa shape index (κ1) is 20.6. The lowest BCUT2D eigenvalue weighted by Gasteiger charge is -2.16. The highest BCUT2D eigenvalue weighted by atomic mass is 32.2. The predicted octanol–water partition coefficient (Wildman–Crippen LogP) is 3.07. The number of carbonyl (C=O) groups excluding carboxylic acids is 2. The lowest BCUT2D eigenvalue weighted by Crippen LogP contribution is -2.39. The van der Waals surface area contributed by atoms with Crippen molar-refractivity contribution in [3.63, 3.8) is 0 Å². The van der Waals surface area contributed by atoms with Crippen LogP contribution in [0.15, 0.2) is 48.5 Å². The molecule has 2 N–H and O–H groups in total. The molecule has 6 nitrogen and oxygen atoms in total. The molecule has 0 saturated carbocycles. The zero-order valence-corrected chi connectivity index (χ0v) is 16.5. The smallest absolute Gasteiger partial charge is 0.242 e. The Labute approximate surface area is 159 Å². The van der Waals surface area contributed by atoms with Gasteiger partial charge in [-0.25, -0.2) is 8.42 Å². The highest BCUT2D eigenvalue weighted by Crippen LogP contribution is 2.15. The molecule has 27 heavy (non-hydrogen) atoms. The van der Waals surface area contributed by atoms with Gasteiger partial charge in [-0.2, -0.15) is 0 Å². The van der Waals surface area contributed by atoms with E-state index in [9.17, 15) is 18.0 Å². The van der Waals surface area contributed by atoms with E-state index in [4.69, 9.17) is 0 Å². The highest BCUT2D eigenvalue weighted by molar-refractivity contribution is 7.93. The summed E-state index contributed by atoms with van der Waals surface area (Å²) < 4.78 is 25.2. The maximum Gasteiger partial charge on any atom is 0.242 e. The molecule has 0 aliphatic heterocycles. The van der Waals surface area contributed by atoms with Crippen molar-refractivity contribution in [1.82, 2.24) is 0 Å². The minimum atomic E-state index is -3.95. The first-order valence-corrected chi connectivity index (χ1v) is 10.4. The summed E-state index contributed by atoms with van der Waals surface area (Å²) >= 11 is 0. The van der Waals surface area contributed by atoms with Gasteiger partial charge in [-0.1, -0.05) is 36.8 Å². The van der Waals surface area contributed by atoms with Crippen molar-refractivity contribution < 1.29 is 18.0 Å². The third-order valence-corrected chi connectivity index (χ3v) is 6.13. The molecular formula is C20H24N2O4S. The molecule has 144 valence electrons. The normalized spacial score (nSPS) is 12.3. The molecule has 0 bridgehead atoms. The van der Waals surface area contributed by atoms with Gasteiger partial charge in [0.1, 0.15) is 11.0 Å². The molecule has 2 aromatic carbocycles. The Morgan fingerprint density at radius 3 is 2.19 bits per heavy atom. The lowest BCUT2D eigenvalue weighted by atomic mass is 10.2. The van der Waals surface area contributed by atoms with Crippen LogP contribution < -0.4 is 10.6 Å². The van der Waals surface area contributed by atoms with Crippen molar-refractivity contribution in [1.29, 1.82) is 0 Å². The number of sulfone groups is 1. The number of carbonyl (C=O) groups is 2. The second-order valence-corrected chi connectivity index (χ2v) is 8.66. The van der Waals surface area contributed by atoms with Gasteiger partial charge in [0.05, 0.1) is 0 Å². The van der Waals surface area contributed by atoms with E-state index in [0.29, 0.717) is 11.4 Å². The van der Waals surface area contributed by atoms with Gasteiger partial charge < -0.3 is 10.6 Å². The molecule has 0 radical (unpaired) electrons. The number of anilines is 2. The van der Waals surface area contributed by atoms with Crippen LogP contribution in [0.3, 0.4) is 0 Å². The quantitative estimate of drug-likeness (QED) is 0.762. The van der Waals surface area contributed by atoms with Crippen molar-refractivity contribution in [2.75, 3.05) is 16.4 Å².